The van der Waals surface area contributed by atoms with Crippen LogP contribution in [-0.4, -0.2) is 32.2 Å². The molecule has 0 bridgehead atoms. The number of rotatable bonds is 8. The second-order valence-electron chi connectivity index (χ2n) is 3.31. The smallest absolute Gasteiger partial charge is 0.211 e. The summed E-state index contributed by atoms with van der Waals surface area (Å²) >= 11 is 1.57. The number of aromatic nitrogens is 1. The van der Waals surface area contributed by atoms with Crippen LogP contribution in [0, 0.1) is 0 Å². The minimum Gasteiger partial charge on any atom is -0.311 e. The molecule has 0 atom stereocenters. The van der Waals surface area contributed by atoms with Gasteiger partial charge < -0.3 is 5.32 Å². The molecular weight excluding hydrogens is 282 g/mol. The summed E-state index contributed by atoms with van der Waals surface area (Å²) < 4.78 is 24.7. The zero-order chi connectivity index (χ0) is 11.9. The van der Waals surface area contributed by atoms with Crippen molar-refractivity contribution in [3.8, 4) is 0 Å². The third-order valence-corrected chi connectivity index (χ3v) is 4.06. The number of nitrogens with one attached hydrogen (secondary N) is 2. The van der Waals surface area contributed by atoms with Gasteiger partial charge in [-0.2, -0.15) is 0 Å². The van der Waals surface area contributed by atoms with Crippen LogP contribution in [0.5, 0.6) is 0 Å². The minimum atomic E-state index is -3.04. The van der Waals surface area contributed by atoms with Crippen molar-refractivity contribution in [2.75, 3.05) is 18.8 Å². The SMILES string of the molecule is CCS(=O)(=O)NCCCNCc1cscn1.Cl. The fraction of sp³-hybridized carbons (Fsp3) is 0.667. The van der Waals surface area contributed by atoms with Gasteiger partial charge in [0.2, 0.25) is 10.0 Å². The highest BCUT2D eigenvalue weighted by molar-refractivity contribution is 7.89. The van der Waals surface area contributed by atoms with Crippen molar-refractivity contribution in [1.82, 2.24) is 15.0 Å². The van der Waals surface area contributed by atoms with E-state index in [2.05, 4.69) is 15.0 Å². The van der Waals surface area contributed by atoms with Crippen LogP contribution in [0.25, 0.3) is 0 Å². The fourth-order valence-electron chi connectivity index (χ4n) is 1.08. The van der Waals surface area contributed by atoms with Crippen molar-refractivity contribution in [3.05, 3.63) is 16.6 Å². The van der Waals surface area contributed by atoms with Crippen LogP contribution >= 0.6 is 23.7 Å². The Morgan fingerprint density at radius 2 is 2.18 bits per heavy atom. The zero-order valence-corrected chi connectivity index (χ0v) is 12.1. The van der Waals surface area contributed by atoms with E-state index in [1.807, 2.05) is 5.38 Å². The lowest BCUT2D eigenvalue weighted by Crippen LogP contribution is -2.28. The molecular formula is C9H18ClN3O2S2. The van der Waals surface area contributed by atoms with Gasteiger partial charge in [-0.1, -0.05) is 0 Å². The Bertz CT molecular complexity index is 381. The van der Waals surface area contributed by atoms with Gasteiger partial charge in [0.1, 0.15) is 0 Å². The molecule has 0 saturated carbocycles. The molecule has 0 saturated heterocycles. The average molecular weight is 300 g/mol. The maximum Gasteiger partial charge on any atom is 0.211 e. The van der Waals surface area contributed by atoms with Gasteiger partial charge in [-0.3, -0.25) is 0 Å². The summed E-state index contributed by atoms with van der Waals surface area (Å²) in [6, 6.07) is 0. The third-order valence-electron chi connectivity index (χ3n) is 2.02. The van der Waals surface area contributed by atoms with E-state index >= 15 is 0 Å². The second-order valence-corrected chi connectivity index (χ2v) is 6.12. The summed E-state index contributed by atoms with van der Waals surface area (Å²) in [5, 5.41) is 5.19. The highest BCUT2D eigenvalue weighted by Gasteiger charge is 2.03. The molecule has 0 spiro atoms. The lowest BCUT2D eigenvalue weighted by atomic mass is 10.4. The van der Waals surface area contributed by atoms with Gasteiger partial charge in [0.25, 0.3) is 0 Å². The van der Waals surface area contributed by atoms with Gasteiger partial charge in [-0.05, 0) is 19.9 Å². The fourth-order valence-corrected chi connectivity index (χ4v) is 2.30. The normalized spacial score (nSPS) is 11.1. The predicted octanol–water partition coefficient (Wildman–Crippen LogP) is 0.984. The van der Waals surface area contributed by atoms with Crippen LogP contribution in [0.3, 0.4) is 0 Å². The maximum atomic E-state index is 11.1. The molecule has 0 aliphatic heterocycles. The summed E-state index contributed by atoms with van der Waals surface area (Å²) in [5.41, 5.74) is 2.82. The van der Waals surface area contributed by atoms with Crippen LogP contribution in [0.4, 0.5) is 0 Å². The molecule has 100 valence electrons. The standard InChI is InChI=1S/C9H17N3O2S2.ClH/c1-2-16(13,14)12-5-3-4-10-6-9-7-15-8-11-9;/h7-8,10,12H,2-6H2,1H3;1H. The van der Waals surface area contributed by atoms with E-state index in [4.69, 9.17) is 0 Å². The number of hydrogen-bond acceptors (Lipinski definition) is 5. The van der Waals surface area contributed by atoms with E-state index in [-0.39, 0.29) is 18.2 Å². The molecule has 2 N–H and O–H groups in total. The highest BCUT2D eigenvalue weighted by atomic mass is 35.5. The van der Waals surface area contributed by atoms with Gasteiger partial charge in [0.05, 0.1) is 17.0 Å². The van der Waals surface area contributed by atoms with E-state index in [1.165, 1.54) is 0 Å². The molecule has 0 aromatic carbocycles. The monoisotopic (exact) mass is 299 g/mol. The molecule has 0 amide bonds. The first kappa shape index (κ1) is 16.8. The second kappa shape index (κ2) is 8.82. The van der Waals surface area contributed by atoms with Crippen molar-refractivity contribution in [2.45, 2.75) is 19.9 Å². The largest absolute Gasteiger partial charge is 0.311 e. The molecule has 0 aliphatic carbocycles. The zero-order valence-electron chi connectivity index (χ0n) is 9.68. The minimum absolute atomic E-state index is 0. The quantitative estimate of drug-likeness (QED) is 0.702. The van der Waals surface area contributed by atoms with E-state index < -0.39 is 10.0 Å². The molecule has 1 aromatic rings. The molecule has 1 heterocycles. The lowest BCUT2D eigenvalue weighted by molar-refractivity contribution is 0.574. The Hall–Kier alpha value is -0.210. The molecule has 0 radical (unpaired) electrons. The first-order valence-corrected chi connectivity index (χ1v) is 7.78. The number of nitrogens with zero attached hydrogens (tertiary/aromatic N) is 1. The number of halogens is 1. The van der Waals surface area contributed by atoms with E-state index in [0.29, 0.717) is 6.54 Å². The summed E-state index contributed by atoms with van der Waals surface area (Å²) in [6.45, 7) is 3.64. The van der Waals surface area contributed by atoms with Gasteiger partial charge in [-0.15, -0.1) is 23.7 Å². The average Bonchev–Trinajstić information content (AvgIpc) is 2.76. The Morgan fingerprint density at radius 3 is 2.76 bits per heavy atom. The molecule has 5 nitrogen and oxygen atoms in total. The summed E-state index contributed by atoms with van der Waals surface area (Å²) in [6.07, 6.45) is 0.781. The first-order chi connectivity index (χ1) is 7.64. The van der Waals surface area contributed by atoms with Gasteiger partial charge in [-0.25, -0.2) is 18.1 Å². The van der Waals surface area contributed by atoms with Crippen molar-refractivity contribution in [1.29, 1.82) is 0 Å². The predicted molar refractivity (Wildman–Crippen MR) is 73.1 cm³/mol. The summed E-state index contributed by atoms with van der Waals surface area (Å²) in [4.78, 5) is 4.13. The summed E-state index contributed by atoms with van der Waals surface area (Å²) in [5.74, 6) is 0.138. The van der Waals surface area contributed by atoms with Gasteiger partial charge in [0.15, 0.2) is 0 Å². The molecule has 0 unspecified atom stereocenters. The van der Waals surface area contributed by atoms with Gasteiger partial charge in [0, 0.05) is 18.5 Å². The Balaban J connectivity index is 0.00000256. The van der Waals surface area contributed by atoms with Crippen molar-refractivity contribution in [2.24, 2.45) is 0 Å². The highest BCUT2D eigenvalue weighted by Crippen LogP contribution is 1.99. The van der Waals surface area contributed by atoms with Crippen LogP contribution < -0.4 is 10.0 Å². The van der Waals surface area contributed by atoms with Crippen molar-refractivity contribution >= 4 is 33.8 Å². The van der Waals surface area contributed by atoms with Crippen LogP contribution in [-0.2, 0) is 16.6 Å². The van der Waals surface area contributed by atoms with E-state index in [9.17, 15) is 8.42 Å². The Kier molecular flexibility index (Phi) is 8.71. The van der Waals surface area contributed by atoms with Crippen molar-refractivity contribution in [3.63, 3.8) is 0 Å². The number of sulfonamides is 1. The number of hydrogen-bond donors (Lipinski definition) is 2. The molecule has 0 fully saturated rings. The van der Waals surface area contributed by atoms with Crippen LogP contribution in [0.2, 0.25) is 0 Å². The topological polar surface area (TPSA) is 71.1 Å². The summed E-state index contributed by atoms with van der Waals surface area (Å²) in [7, 11) is -3.04. The number of thiazole rings is 1. The van der Waals surface area contributed by atoms with E-state index in [0.717, 1.165) is 25.2 Å². The molecule has 17 heavy (non-hydrogen) atoms. The van der Waals surface area contributed by atoms with Crippen molar-refractivity contribution < 1.29 is 8.42 Å². The van der Waals surface area contributed by atoms with Crippen LogP contribution in [0.15, 0.2) is 10.9 Å². The van der Waals surface area contributed by atoms with Crippen LogP contribution in [0.1, 0.15) is 19.0 Å². The van der Waals surface area contributed by atoms with E-state index in [1.54, 1.807) is 23.8 Å². The Labute approximate surface area is 112 Å². The molecule has 8 heteroatoms. The molecule has 0 aliphatic rings. The lowest BCUT2D eigenvalue weighted by Gasteiger charge is -2.04. The molecule has 1 aromatic heterocycles. The van der Waals surface area contributed by atoms with Gasteiger partial charge >= 0.3 is 0 Å². The third kappa shape index (κ3) is 7.67. The maximum absolute atomic E-state index is 11.1. The first-order valence-electron chi connectivity index (χ1n) is 5.19. The molecule has 1 rings (SSSR count). The Morgan fingerprint density at radius 1 is 1.41 bits per heavy atom.